The molecule has 4 nitrogen and oxygen atoms in total. The number of carbonyl (C=O) groups is 1. The average molecular weight is 335 g/mol. The third-order valence-corrected chi connectivity index (χ3v) is 8.86. The van der Waals surface area contributed by atoms with Gasteiger partial charge in [-0.15, -0.1) is 6.58 Å². The van der Waals surface area contributed by atoms with E-state index in [9.17, 15) is 4.79 Å². The van der Waals surface area contributed by atoms with Crippen molar-refractivity contribution in [2.24, 2.45) is 0 Å². The van der Waals surface area contributed by atoms with Crippen LogP contribution in [0, 0.1) is 6.61 Å². The number of carbonyl (C=O) groups excluding carboxylic acids is 1. The molecule has 0 aliphatic rings. The summed E-state index contributed by atoms with van der Waals surface area (Å²) in [6, 6.07) is 9.78. The van der Waals surface area contributed by atoms with Gasteiger partial charge in [0, 0.05) is 6.61 Å². The predicted molar refractivity (Wildman–Crippen MR) is 94.9 cm³/mol. The van der Waals surface area contributed by atoms with E-state index in [2.05, 4.69) is 26.1 Å². The van der Waals surface area contributed by atoms with Gasteiger partial charge in [0.1, 0.15) is 8.07 Å². The smallest absolute Gasteiger partial charge is 0.373 e. The Morgan fingerprint density at radius 3 is 2.35 bits per heavy atom. The van der Waals surface area contributed by atoms with Gasteiger partial charge in [0.2, 0.25) is 0 Å². The van der Waals surface area contributed by atoms with Crippen molar-refractivity contribution >= 4 is 19.2 Å². The average Bonchev–Trinajstić information content (AvgIpc) is 2.60. The minimum atomic E-state index is -1.64. The summed E-state index contributed by atoms with van der Waals surface area (Å²) in [4.78, 5) is 21.4. The van der Waals surface area contributed by atoms with E-state index in [1.54, 1.807) is 12.1 Å². The second kappa shape index (κ2) is 10.4. The van der Waals surface area contributed by atoms with Crippen LogP contribution in [0.15, 0.2) is 36.5 Å². The van der Waals surface area contributed by atoms with Crippen LogP contribution in [0.3, 0.4) is 0 Å². The van der Waals surface area contributed by atoms with Crippen LogP contribution in [0.4, 0.5) is 0 Å². The molecule has 0 heterocycles. The fourth-order valence-electron chi connectivity index (χ4n) is 2.43. The lowest BCUT2D eigenvalue weighted by atomic mass is 10.2. The summed E-state index contributed by atoms with van der Waals surface area (Å²) in [5.41, 5.74) is 2.59. The van der Waals surface area contributed by atoms with Crippen LogP contribution in [-0.2, 0) is 14.5 Å². The first-order valence-corrected chi connectivity index (χ1v) is 10.6. The second-order valence-corrected chi connectivity index (χ2v) is 10.1. The van der Waals surface area contributed by atoms with E-state index >= 15 is 0 Å². The highest BCUT2D eigenvalue weighted by Gasteiger charge is 2.27. The van der Waals surface area contributed by atoms with Crippen LogP contribution in [0.1, 0.15) is 37.6 Å². The minimum Gasteiger partial charge on any atom is -0.378 e. The Bertz CT molecular complexity index is 480. The maximum atomic E-state index is 11.9. The van der Waals surface area contributed by atoms with E-state index < -0.39 is 14.0 Å². The maximum Gasteiger partial charge on any atom is 0.373 e. The molecule has 1 aromatic rings. The molecule has 23 heavy (non-hydrogen) atoms. The van der Waals surface area contributed by atoms with Gasteiger partial charge < -0.3 is 4.74 Å². The van der Waals surface area contributed by atoms with Crippen molar-refractivity contribution in [2.45, 2.75) is 39.3 Å². The van der Waals surface area contributed by atoms with Crippen molar-refractivity contribution in [2.75, 3.05) is 13.2 Å². The summed E-state index contributed by atoms with van der Waals surface area (Å²) in [7, 11) is -1.64. The first-order valence-electron chi connectivity index (χ1n) is 8.14. The molecule has 0 fully saturated rings. The Hall–Kier alpha value is -1.43. The molecule has 5 heteroatoms. The third kappa shape index (κ3) is 5.60. The van der Waals surface area contributed by atoms with Crippen LogP contribution in [-0.4, -0.2) is 27.3 Å². The van der Waals surface area contributed by atoms with Gasteiger partial charge >= 0.3 is 5.97 Å². The topological polar surface area (TPSA) is 44.8 Å². The van der Waals surface area contributed by atoms with E-state index in [0.717, 1.165) is 18.5 Å². The van der Waals surface area contributed by atoms with Crippen LogP contribution >= 0.6 is 0 Å². The Balaban J connectivity index is 2.55. The lowest BCUT2D eigenvalue weighted by Crippen LogP contribution is -2.44. The van der Waals surface area contributed by atoms with E-state index in [0.29, 0.717) is 18.8 Å². The molecule has 0 aliphatic heterocycles. The highest BCUT2D eigenvalue weighted by Crippen LogP contribution is 2.17. The fraction of sp³-hybridized carbons (Fsp3) is 0.444. The summed E-state index contributed by atoms with van der Waals surface area (Å²) in [5, 5.41) is 1.29. The van der Waals surface area contributed by atoms with Gasteiger partial charge in [-0.2, -0.15) is 4.89 Å². The van der Waals surface area contributed by atoms with Gasteiger partial charge in [-0.05, 0) is 18.6 Å². The summed E-state index contributed by atoms with van der Waals surface area (Å²) in [6.45, 7) is 12.7. The van der Waals surface area contributed by atoms with Crippen molar-refractivity contribution in [1.82, 2.24) is 0 Å². The summed E-state index contributed by atoms with van der Waals surface area (Å²) in [6.07, 6.45) is 0.936. The number of ether oxygens (including phenoxy) is 1. The predicted octanol–water partition coefficient (Wildman–Crippen LogP) is 3.78. The standard InChI is InChI=1S/C18H27O4Si/c1-5-13-20-14-15-21-22-18(19)16-9-11-17(12-10-16)23(6-2,7-3)8-4/h6,9-12,15H,2,5,7-8,13-14H2,1,3-4H3. The normalized spacial score (nSPS) is 11.3. The largest absolute Gasteiger partial charge is 0.378 e. The SMILES string of the molecule is C=C[Si](CC)(CC)c1ccc(C(=O)OO[CH]COCCC)cc1. The molecule has 1 rings (SSSR count). The molecule has 0 saturated carbocycles. The molecule has 127 valence electrons. The molecular weight excluding hydrogens is 308 g/mol. The van der Waals surface area contributed by atoms with Crippen LogP contribution in [0.25, 0.3) is 0 Å². The van der Waals surface area contributed by atoms with Gasteiger partial charge in [0.25, 0.3) is 0 Å². The number of hydrogen-bond donors (Lipinski definition) is 0. The molecule has 0 atom stereocenters. The zero-order valence-electron chi connectivity index (χ0n) is 14.3. The van der Waals surface area contributed by atoms with E-state index in [1.807, 2.05) is 19.1 Å². The highest BCUT2D eigenvalue weighted by atomic mass is 28.3. The number of hydrogen-bond acceptors (Lipinski definition) is 4. The molecule has 0 saturated heterocycles. The van der Waals surface area contributed by atoms with Crippen LogP contribution in [0.5, 0.6) is 0 Å². The first kappa shape index (κ1) is 19.6. The molecule has 0 bridgehead atoms. The van der Waals surface area contributed by atoms with Crippen molar-refractivity contribution in [3.05, 3.63) is 48.7 Å². The van der Waals surface area contributed by atoms with Crippen molar-refractivity contribution in [3.8, 4) is 0 Å². The second-order valence-electron chi connectivity index (χ2n) is 5.35. The fourth-order valence-corrected chi connectivity index (χ4v) is 5.39. The zero-order valence-corrected chi connectivity index (χ0v) is 15.3. The Morgan fingerprint density at radius 2 is 1.83 bits per heavy atom. The third-order valence-electron chi connectivity index (χ3n) is 4.07. The Labute approximate surface area is 140 Å². The Kier molecular flexibility index (Phi) is 8.84. The first-order chi connectivity index (χ1) is 11.1. The lowest BCUT2D eigenvalue weighted by Gasteiger charge is -2.25. The maximum absolute atomic E-state index is 11.9. The van der Waals surface area contributed by atoms with Gasteiger partial charge in [0.05, 0.1) is 12.2 Å². The van der Waals surface area contributed by atoms with Gasteiger partial charge in [-0.3, -0.25) is 4.89 Å². The molecule has 0 aromatic heterocycles. The molecule has 1 aromatic carbocycles. The van der Waals surface area contributed by atoms with Crippen molar-refractivity contribution in [1.29, 1.82) is 0 Å². The minimum absolute atomic E-state index is 0.292. The van der Waals surface area contributed by atoms with Crippen LogP contribution < -0.4 is 5.19 Å². The molecule has 0 aliphatic carbocycles. The highest BCUT2D eigenvalue weighted by molar-refractivity contribution is 6.95. The Morgan fingerprint density at radius 1 is 1.17 bits per heavy atom. The van der Waals surface area contributed by atoms with Crippen molar-refractivity contribution < 1.29 is 19.3 Å². The number of benzene rings is 1. The van der Waals surface area contributed by atoms with Crippen LogP contribution in [0.2, 0.25) is 12.1 Å². The number of rotatable bonds is 11. The molecular formula is C18H27O4Si. The lowest BCUT2D eigenvalue weighted by molar-refractivity contribution is -0.218. The molecule has 0 amide bonds. The van der Waals surface area contributed by atoms with E-state index in [1.165, 1.54) is 11.8 Å². The molecule has 0 unspecified atom stereocenters. The molecule has 1 radical (unpaired) electrons. The summed E-state index contributed by atoms with van der Waals surface area (Å²) in [5.74, 6) is -0.512. The van der Waals surface area contributed by atoms with Gasteiger partial charge in [-0.1, -0.05) is 55.9 Å². The molecule has 0 N–H and O–H groups in total. The zero-order chi connectivity index (χ0) is 17.1. The van der Waals surface area contributed by atoms with E-state index in [4.69, 9.17) is 14.5 Å². The molecule has 0 spiro atoms. The van der Waals surface area contributed by atoms with Gasteiger partial charge in [-0.25, -0.2) is 4.79 Å². The van der Waals surface area contributed by atoms with Gasteiger partial charge in [0.15, 0.2) is 6.61 Å². The monoisotopic (exact) mass is 335 g/mol. The summed E-state index contributed by atoms with van der Waals surface area (Å²) < 4.78 is 5.18. The van der Waals surface area contributed by atoms with Crippen molar-refractivity contribution in [3.63, 3.8) is 0 Å². The quantitative estimate of drug-likeness (QED) is 0.267. The summed E-state index contributed by atoms with van der Waals surface area (Å²) >= 11 is 0. The van der Waals surface area contributed by atoms with E-state index in [-0.39, 0.29) is 0 Å².